The molecular formula is C11H16N4S. The van der Waals surface area contributed by atoms with Gasteiger partial charge in [0.15, 0.2) is 5.96 Å². The molecule has 1 saturated carbocycles. The zero-order chi connectivity index (χ0) is 11.0. The predicted octanol–water partition coefficient (Wildman–Crippen LogP) is 1.76. The lowest BCUT2D eigenvalue weighted by Crippen LogP contribution is -2.42. The summed E-state index contributed by atoms with van der Waals surface area (Å²) >= 11 is 1.64. The van der Waals surface area contributed by atoms with Crippen molar-refractivity contribution in [2.45, 2.75) is 37.8 Å². The molecule has 0 radical (unpaired) electrons. The first kappa shape index (κ1) is 10.1. The second kappa shape index (κ2) is 4.05. The Morgan fingerprint density at radius 3 is 2.88 bits per heavy atom. The summed E-state index contributed by atoms with van der Waals surface area (Å²) in [7, 11) is 0. The van der Waals surface area contributed by atoms with E-state index in [2.05, 4.69) is 20.3 Å². The van der Waals surface area contributed by atoms with E-state index in [9.17, 15) is 0 Å². The van der Waals surface area contributed by atoms with Gasteiger partial charge in [0.05, 0.1) is 23.8 Å². The summed E-state index contributed by atoms with van der Waals surface area (Å²) in [4.78, 5) is 11.1. The molecule has 0 saturated heterocycles. The van der Waals surface area contributed by atoms with Gasteiger partial charge in [-0.05, 0) is 12.8 Å². The van der Waals surface area contributed by atoms with Crippen molar-refractivity contribution in [2.75, 3.05) is 6.54 Å². The summed E-state index contributed by atoms with van der Waals surface area (Å²) in [5.74, 6) is 0.713. The van der Waals surface area contributed by atoms with Crippen LogP contribution in [0, 0.1) is 0 Å². The van der Waals surface area contributed by atoms with E-state index in [1.807, 2.05) is 5.51 Å². The number of nitrogens with two attached hydrogens (primary N) is 1. The highest BCUT2D eigenvalue weighted by atomic mass is 32.1. The Kier molecular flexibility index (Phi) is 2.55. The van der Waals surface area contributed by atoms with Crippen LogP contribution in [0.1, 0.15) is 37.4 Å². The maximum Gasteiger partial charge on any atom is 0.192 e. The van der Waals surface area contributed by atoms with Gasteiger partial charge in [-0.15, -0.1) is 11.3 Å². The van der Waals surface area contributed by atoms with Crippen LogP contribution in [0.3, 0.4) is 0 Å². The quantitative estimate of drug-likeness (QED) is 0.851. The fourth-order valence-electron chi connectivity index (χ4n) is 2.76. The molecule has 2 aliphatic rings. The molecule has 0 amide bonds. The lowest BCUT2D eigenvalue weighted by atomic mass is 10.1. The summed E-state index contributed by atoms with van der Waals surface area (Å²) in [6.45, 7) is 0.770. The Labute approximate surface area is 99.2 Å². The van der Waals surface area contributed by atoms with E-state index in [-0.39, 0.29) is 6.04 Å². The lowest BCUT2D eigenvalue weighted by Gasteiger charge is -2.31. The third-order valence-corrected chi connectivity index (χ3v) is 4.14. The molecule has 2 N–H and O–H groups in total. The van der Waals surface area contributed by atoms with Crippen molar-refractivity contribution in [1.82, 2.24) is 9.88 Å². The molecule has 0 bridgehead atoms. The molecule has 1 aliphatic carbocycles. The van der Waals surface area contributed by atoms with Crippen LogP contribution < -0.4 is 5.73 Å². The van der Waals surface area contributed by atoms with Crippen LogP contribution >= 0.6 is 11.3 Å². The molecule has 0 spiro atoms. The number of rotatable bonds is 2. The topological polar surface area (TPSA) is 54.5 Å². The Bertz CT molecular complexity index is 381. The zero-order valence-electron chi connectivity index (χ0n) is 9.17. The number of aromatic nitrogens is 1. The van der Waals surface area contributed by atoms with Gasteiger partial charge >= 0.3 is 0 Å². The SMILES string of the molecule is NC1=NCC(c2cscn2)N1C1CCCC1. The highest BCUT2D eigenvalue weighted by Crippen LogP contribution is 2.33. The number of guanidine groups is 1. The van der Waals surface area contributed by atoms with Crippen LogP contribution in [-0.4, -0.2) is 28.4 Å². The van der Waals surface area contributed by atoms with Gasteiger partial charge in [-0.2, -0.15) is 0 Å². The molecular weight excluding hydrogens is 220 g/mol. The van der Waals surface area contributed by atoms with Gasteiger partial charge in [0.2, 0.25) is 0 Å². The summed E-state index contributed by atoms with van der Waals surface area (Å²) in [5, 5.41) is 2.11. The molecule has 86 valence electrons. The Morgan fingerprint density at radius 1 is 1.38 bits per heavy atom. The molecule has 1 fully saturated rings. The first-order valence-electron chi connectivity index (χ1n) is 5.82. The Morgan fingerprint density at radius 2 is 2.19 bits per heavy atom. The fourth-order valence-corrected chi connectivity index (χ4v) is 3.36. The van der Waals surface area contributed by atoms with Gasteiger partial charge in [-0.3, -0.25) is 4.99 Å². The number of aliphatic imine (C=N–C) groups is 1. The minimum atomic E-state index is 0.286. The minimum Gasteiger partial charge on any atom is -0.370 e. The highest BCUT2D eigenvalue weighted by molar-refractivity contribution is 7.07. The van der Waals surface area contributed by atoms with Crippen LogP contribution in [0.5, 0.6) is 0 Å². The van der Waals surface area contributed by atoms with Crippen LogP contribution in [-0.2, 0) is 0 Å². The molecule has 1 unspecified atom stereocenters. The highest BCUT2D eigenvalue weighted by Gasteiger charge is 2.35. The van der Waals surface area contributed by atoms with Crippen LogP contribution in [0.4, 0.5) is 0 Å². The second-order valence-corrected chi connectivity index (χ2v) is 5.19. The summed E-state index contributed by atoms with van der Waals surface area (Å²) in [5.41, 5.74) is 9.02. The maximum absolute atomic E-state index is 6.01. The molecule has 1 aliphatic heterocycles. The Hall–Kier alpha value is -1.10. The normalized spacial score (nSPS) is 26.4. The molecule has 5 heteroatoms. The molecule has 1 aromatic rings. The van der Waals surface area contributed by atoms with E-state index in [1.54, 1.807) is 11.3 Å². The van der Waals surface area contributed by atoms with Crippen molar-refractivity contribution in [3.05, 3.63) is 16.6 Å². The number of nitrogens with zero attached hydrogens (tertiary/aromatic N) is 3. The van der Waals surface area contributed by atoms with Crippen LogP contribution in [0.25, 0.3) is 0 Å². The van der Waals surface area contributed by atoms with E-state index < -0.39 is 0 Å². The smallest absolute Gasteiger partial charge is 0.192 e. The number of thiazole rings is 1. The van der Waals surface area contributed by atoms with Gasteiger partial charge in [0.1, 0.15) is 0 Å². The standard InChI is InChI=1S/C11H16N4S/c12-11-13-5-10(9-6-16-7-14-9)15(11)8-3-1-2-4-8/h6-8,10H,1-5H2,(H2,12,13). The average molecular weight is 236 g/mol. The van der Waals surface area contributed by atoms with Crippen molar-refractivity contribution in [3.8, 4) is 0 Å². The largest absolute Gasteiger partial charge is 0.370 e. The van der Waals surface area contributed by atoms with E-state index in [1.165, 1.54) is 25.7 Å². The summed E-state index contributed by atoms with van der Waals surface area (Å²) in [6, 6.07) is 0.868. The molecule has 2 heterocycles. The van der Waals surface area contributed by atoms with Crippen molar-refractivity contribution in [2.24, 2.45) is 10.7 Å². The van der Waals surface area contributed by atoms with Crippen molar-refractivity contribution < 1.29 is 0 Å². The predicted molar refractivity (Wildman–Crippen MR) is 65.4 cm³/mol. The van der Waals surface area contributed by atoms with Gasteiger partial charge < -0.3 is 10.6 Å². The van der Waals surface area contributed by atoms with Crippen LogP contribution in [0.2, 0.25) is 0 Å². The van der Waals surface area contributed by atoms with Crippen molar-refractivity contribution in [1.29, 1.82) is 0 Å². The van der Waals surface area contributed by atoms with Crippen molar-refractivity contribution >= 4 is 17.3 Å². The third-order valence-electron chi connectivity index (χ3n) is 3.54. The summed E-state index contributed by atoms with van der Waals surface area (Å²) < 4.78 is 0. The van der Waals surface area contributed by atoms with E-state index in [4.69, 9.17) is 5.73 Å². The van der Waals surface area contributed by atoms with Crippen molar-refractivity contribution in [3.63, 3.8) is 0 Å². The second-order valence-electron chi connectivity index (χ2n) is 4.47. The van der Waals surface area contributed by atoms with Gasteiger partial charge in [0, 0.05) is 11.4 Å². The van der Waals surface area contributed by atoms with Gasteiger partial charge in [0.25, 0.3) is 0 Å². The van der Waals surface area contributed by atoms with E-state index in [0.29, 0.717) is 12.0 Å². The lowest BCUT2D eigenvalue weighted by molar-refractivity contribution is 0.259. The monoisotopic (exact) mass is 236 g/mol. The average Bonchev–Trinajstić information content (AvgIpc) is 2.96. The van der Waals surface area contributed by atoms with Gasteiger partial charge in [-0.1, -0.05) is 12.8 Å². The molecule has 3 rings (SSSR count). The summed E-state index contributed by atoms with van der Waals surface area (Å²) in [6.07, 6.45) is 5.13. The number of hydrogen-bond donors (Lipinski definition) is 1. The van der Waals surface area contributed by atoms with E-state index in [0.717, 1.165) is 12.2 Å². The molecule has 1 aromatic heterocycles. The van der Waals surface area contributed by atoms with Gasteiger partial charge in [-0.25, -0.2) is 4.98 Å². The van der Waals surface area contributed by atoms with E-state index >= 15 is 0 Å². The molecule has 4 nitrogen and oxygen atoms in total. The molecule has 0 aromatic carbocycles. The fraction of sp³-hybridized carbons (Fsp3) is 0.636. The first-order valence-corrected chi connectivity index (χ1v) is 6.77. The zero-order valence-corrected chi connectivity index (χ0v) is 9.99. The third kappa shape index (κ3) is 1.59. The van der Waals surface area contributed by atoms with Crippen LogP contribution in [0.15, 0.2) is 15.9 Å². The molecule has 1 atom stereocenters. The number of hydrogen-bond acceptors (Lipinski definition) is 5. The first-order chi connectivity index (χ1) is 7.86. The molecule has 16 heavy (non-hydrogen) atoms. The maximum atomic E-state index is 6.01. The Balaban J connectivity index is 1.84. The minimum absolute atomic E-state index is 0.286.